The minimum atomic E-state index is -2.91. The molecule has 1 saturated heterocycles. The van der Waals surface area contributed by atoms with Crippen LogP contribution in [0, 0.1) is 0 Å². The van der Waals surface area contributed by atoms with Crippen LogP contribution in [0.15, 0.2) is 0 Å². The van der Waals surface area contributed by atoms with Crippen LogP contribution >= 0.6 is 8.25 Å². The zero-order chi connectivity index (χ0) is 11.4. The highest BCUT2D eigenvalue weighted by Gasteiger charge is 2.37. The van der Waals surface area contributed by atoms with Gasteiger partial charge in [0.2, 0.25) is 0 Å². The Bertz CT molecular complexity index is 227. The predicted molar refractivity (Wildman–Crippen MR) is 43.3 cm³/mol. The summed E-state index contributed by atoms with van der Waals surface area (Å²) in [6.45, 7) is 1.79. The zero-order valence-corrected chi connectivity index (χ0v) is 8.11. The molecule has 6 heteroatoms. The van der Waals surface area contributed by atoms with Crippen LogP contribution in [-0.2, 0) is 18.6 Å². The van der Waals surface area contributed by atoms with Gasteiger partial charge in [0.15, 0.2) is 0 Å². The Morgan fingerprint density at radius 1 is 2.00 bits per heavy atom. The molecule has 0 aromatic carbocycles. The van der Waals surface area contributed by atoms with Crippen LogP contribution in [0.5, 0.6) is 0 Å². The van der Waals surface area contributed by atoms with Crippen molar-refractivity contribution in [2.45, 2.75) is 31.7 Å². The van der Waals surface area contributed by atoms with E-state index in [4.69, 9.17) is 12.2 Å². The first-order chi connectivity index (χ1) is 6.99. The van der Waals surface area contributed by atoms with Crippen molar-refractivity contribution in [1.82, 2.24) is 0 Å². The molecule has 0 spiro atoms. The number of rotatable bonds is 4. The molecule has 5 nitrogen and oxygen atoms in total. The van der Waals surface area contributed by atoms with Gasteiger partial charge in [-0.05, 0) is 11.5 Å². The molecule has 5 atom stereocenters. The van der Waals surface area contributed by atoms with Gasteiger partial charge in [0.05, 0.1) is 15.5 Å². The lowest BCUT2D eigenvalue weighted by Crippen LogP contribution is -2.27. The van der Waals surface area contributed by atoms with E-state index in [1.807, 2.05) is 0 Å². The van der Waals surface area contributed by atoms with Gasteiger partial charge < -0.3 is 14.4 Å². The van der Waals surface area contributed by atoms with Crippen molar-refractivity contribution >= 4 is 8.25 Å². The van der Waals surface area contributed by atoms with Gasteiger partial charge in [0, 0.05) is 13.5 Å². The van der Waals surface area contributed by atoms with Crippen molar-refractivity contribution in [1.29, 1.82) is 0 Å². The van der Waals surface area contributed by atoms with Crippen LogP contribution < -0.4 is 4.89 Å². The van der Waals surface area contributed by atoms with Crippen molar-refractivity contribution in [2.75, 3.05) is 13.7 Å². The molecule has 1 rings (SSSR count). The fraction of sp³-hybridized carbons (Fsp3) is 1.00. The van der Waals surface area contributed by atoms with Gasteiger partial charge in [0.1, 0.15) is 12.2 Å². The first-order valence-electron chi connectivity index (χ1n) is 5.07. The highest BCUT2D eigenvalue weighted by atomic mass is 31.1. The third kappa shape index (κ3) is 3.29. The molecule has 0 N–H and O–H groups in total. The molecule has 0 radical (unpaired) electrons. The average molecular weight is 211 g/mol. The van der Waals surface area contributed by atoms with Gasteiger partial charge in [-0.1, -0.05) is 0 Å². The lowest BCUT2D eigenvalue weighted by Gasteiger charge is -2.12. The predicted octanol–water partition coefficient (Wildman–Crippen LogP) is 0.213. The minimum Gasteiger partial charge on any atom is -0.566 e. The lowest BCUT2D eigenvalue weighted by molar-refractivity contribution is -0.191. The van der Waals surface area contributed by atoms with E-state index in [0.29, 0.717) is 6.42 Å². The van der Waals surface area contributed by atoms with E-state index in [-0.39, 0.29) is 12.7 Å². The maximum absolute atomic E-state index is 10.4. The second kappa shape index (κ2) is 4.98. The Labute approximate surface area is 80.7 Å². The quantitative estimate of drug-likeness (QED) is 0.622. The summed E-state index contributed by atoms with van der Waals surface area (Å²) in [6, 6.07) is 0. The van der Waals surface area contributed by atoms with Crippen molar-refractivity contribution in [3.05, 3.63) is 0 Å². The summed E-state index contributed by atoms with van der Waals surface area (Å²) < 4.78 is 38.8. The SMILES string of the molecule is [2H]C([3H])OC[C@H]1O[C@@H](C)C[C@H]1O[P+](=O)[O-]. The molecular weight excluding hydrogens is 195 g/mol. The molecular formula is C7H13O5P. The largest absolute Gasteiger partial charge is 0.566 e. The summed E-state index contributed by atoms with van der Waals surface area (Å²) in [6.07, 6.45) is -0.725. The van der Waals surface area contributed by atoms with Crippen LogP contribution in [0.2, 0.25) is 0 Å². The number of hydrogen-bond acceptors (Lipinski definition) is 5. The number of ether oxygens (including phenoxy) is 2. The maximum Gasteiger partial charge on any atom is 0.488 e. The van der Waals surface area contributed by atoms with Gasteiger partial charge in [-0.15, -0.1) is 4.52 Å². The van der Waals surface area contributed by atoms with E-state index >= 15 is 0 Å². The molecule has 1 aliphatic heterocycles. The van der Waals surface area contributed by atoms with Gasteiger partial charge in [-0.25, -0.2) is 0 Å². The topological polar surface area (TPSA) is 67.8 Å². The van der Waals surface area contributed by atoms with Gasteiger partial charge in [-0.2, -0.15) is 0 Å². The Kier molecular flexibility index (Phi) is 3.17. The van der Waals surface area contributed by atoms with E-state index in [1.165, 1.54) is 0 Å². The molecule has 13 heavy (non-hydrogen) atoms. The van der Waals surface area contributed by atoms with Crippen molar-refractivity contribution < 1.29 is 26.2 Å². The second-order valence-corrected chi connectivity index (χ2v) is 3.58. The summed E-state index contributed by atoms with van der Waals surface area (Å²) in [5.41, 5.74) is 0. The zero-order valence-electron chi connectivity index (χ0n) is 9.21. The summed E-state index contributed by atoms with van der Waals surface area (Å²) in [4.78, 5) is 10.4. The molecule has 2 unspecified atom stereocenters. The van der Waals surface area contributed by atoms with E-state index < -0.39 is 27.5 Å². The van der Waals surface area contributed by atoms with Gasteiger partial charge in [0.25, 0.3) is 0 Å². The van der Waals surface area contributed by atoms with E-state index in [0.717, 1.165) is 0 Å². The third-order valence-corrected chi connectivity index (χ3v) is 2.31. The first kappa shape index (κ1) is 8.26. The summed E-state index contributed by atoms with van der Waals surface area (Å²) in [7, 11) is -4.31. The number of methoxy groups -OCH3 is 1. The Morgan fingerprint density at radius 3 is 3.38 bits per heavy atom. The van der Waals surface area contributed by atoms with Crippen molar-refractivity contribution in [3.63, 3.8) is 0 Å². The minimum absolute atomic E-state index is 0.00412. The van der Waals surface area contributed by atoms with Crippen LogP contribution in [-0.4, -0.2) is 32.0 Å². The monoisotopic (exact) mass is 211 g/mol. The molecule has 0 bridgehead atoms. The Morgan fingerprint density at radius 2 is 2.77 bits per heavy atom. The Hall–Kier alpha value is -0.0600. The molecule has 76 valence electrons. The van der Waals surface area contributed by atoms with E-state index in [9.17, 15) is 9.46 Å². The summed E-state index contributed by atoms with van der Waals surface area (Å²) >= 11 is 0. The highest BCUT2D eigenvalue weighted by molar-refractivity contribution is 7.30. The summed E-state index contributed by atoms with van der Waals surface area (Å²) in [5.74, 6) is 0. The summed E-state index contributed by atoms with van der Waals surface area (Å²) in [5, 5.41) is 0. The van der Waals surface area contributed by atoms with Gasteiger partial charge in [-0.3, -0.25) is 0 Å². The standard InChI is InChI=1S/C7H13O5P/c1-5-3-6(12-13(8)9)7(11-5)4-10-2/h5-7H,3-4H2,1-2H3/t5-,6+,7+/m0/s1/i2TD/t2?,5-,6+,7+. The van der Waals surface area contributed by atoms with Crippen LogP contribution in [0.3, 0.4) is 0 Å². The molecule has 0 amide bonds. The molecule has 0 aliphatic carbocycles. The fourth-order valence-corrected chi connectivity index (χ4v) is 1.83. The van der Waals surface area contributed by atoms with Crippen LogP contribution in [0.25, 0.3) is 0 Å². The second-order valence-electron chi connectivity index (χ2n) is 2.92. The maximum atomic E-state index is 10.4. The third-order valence-electron chi connectivity index (χ3n) is 1.87. The lowest BCUT2D eigenvalue weighted by atomic mass is 10.1. The van der Waals surface area contributed by atoms with Crippen molar-refractivity contribution in [2.24, 2.45) is 0 Å². The number of hydrogen-bond donors (Lipinski definition) is 0. The molecule has 1 fully saturated rings. The van der Waals surface area contributed by atoms with Gasteiger partial charge >= 0.3 is 8.25 Å². The molecule has 0 aromatic rings. The van der Waals surface area contributed by atoms with E-state index in [1.54, 1.807) is 6.92 Å². The average Bonchev–Trinajstić information content (AvgIpc) is 2.41. The van der Waals surface area contributed by atoms with Crippen molar-refractivity contribution in [3.8, 4) is 0 Å². The van der Waals surface area contributed by atoms with E-state index in [2.05, 4.69) is 4.52 Å². The Balaban J connectivity index is 2.41. The molecule has 1 aliphatic rings. The highest BCUT2D eigenvalue weighted by Crippen LogP contribution is 2.28. The first-order valence-corrected chi connectivity index (χ1v) is 5.01. The fourth-order valence-electron chi connectivity index (χ4n) is 1.38. The molecule has 0 saturated carbocycles. The smallest absolute Gasteiger partial charge is 0.488 e. The van der Waals surface area contributed by atoms with Crippen LogP contribution in [0.1, 0.15) is 16.1 Å². The normalized spacial score (nSPS) is 39.5. The van der Waals surface area contributed by atoms with Crippen LogP contribution in [0.4, 0.5) is 0 Å². The molecule has 0 aromatic heterocycles. The molecule has 1 heterocycles.